The number of carboxylic acid groups (broad SMARTS) is 1. The minimum atomic E-state index is -3.99. The van der Waals surface area contributed by atoms with Crippen LogP contribution in [-0.2, 0) is 10.0 Å². The van der Waals surface area contributed by atoms with Gasteiger partial charge in [0.15, 0.2) is 5.82 Å². The average molecular weight is 427 g/mol. The maximum Gasteiger partial charge on any atom is 0.335 e. The van der Waals surface area contributed by atoms with Gasteiger partial charge in [-0.2, -0.15) is 9.78 Å². The molecule has 2 aromatic heterocycles. The van der Waals surface area contributed by atoms with E-state index < -0.39 is 16.0 Å². The van der Waals surface area contributed by atoms with E-state index in [0.29, 0.717) is 10.7 Å². The van der Waals surface area contributed by atoms with E-state index in [1.165, 1.54) is 47.3 Å². The van der Waals surface area contributed by atoms with E-state index in [2.05, 4.69) is 14.8 Å². The van der Waals surface area contributed by atoms with Gasteiger partial charge < -0.3 is 5.11 Å². The highest BCUT2D eigenvalue weighted by Crippen LogP contribution is 2.26. The number of benzene rings is 1. The Morgan fingerprint density at radius 3 is 2.44 bits per heavy atom. The molecule has 1 aromatic carbocycles. The summed E-state index contributed by atoms with van der Waals surface area (Å²) in [6.45, 7) is 1.68. The SMILES string of the molecule is Cc1cc(NS(=O)(=O)c2ccc(C(=O)O)cc2)n(-c2ncc(Cl)cc2Cl)n1. The zero-order chi connectivity index (χ0) is 19.8. The molecule has 2 N–H and O–H groups in total. The van der Waals surface area contributed by atoms with E-state index in [4.69, 9.17) is 28.3 Å². The third-order valence-corrected chi connectivity index (χ3v) is 5.33. The van der Waals surface area contributed by atoms with Crippen molar-refractivity contribution < 1.29 is 18.3 Å². The van der Waals surface area contributed by atoms with Crippen molar-refractivity contribution >= 4 is 45.0 Å². The standard InChI is InChI=1S/C16H12Cl2N4O4S/c1-9-6-14(22(20-9)15-13(18)7-11(17)8-19-15)21-27(25,26)12-4-2-10(3-5-12)16(23)24/h2-8,21H,1H3,(H,23,24). The number of aromatic nitrogens is 3. The Bertz CT molecular complexity index is 1130. The summed E-state index contributed by atoms with van der Waals surface area (Å²) in [4.78, 5) is 14.9. The fourth-order valence-electron chi connectivity index (χ4n) is 2.27. The van der Waals surface area contributed by atoms with Crippen LogP contribution in [0.3, 0.4) is 0 Å². The number of anilines is 1. The van der Waals surface area contributed by atoms with Crippen LogP contribution in [-0.4, -0.2) is 34.3 Å². The number of nitrogens with one attached hydrogen (secondary N) is 1. The lowest BCUT2D eigenvalue weighted by Crippen LogP contribution is -2.16. The van der Waals surface area contributed by atoms with Gasteiger partial charge in [0, 0.05) is 12.3 Å². The predicted octanol–water partition coefficient (Wildman–Crippen LogP) is 3.38. The smallest absolute Gasteiger partial charge is 0.335 e. The first-order chi connectivity index (χ1) is 12.7. The van der Waals surface area contributed by atoms with E-state index >= 15 is 0 Å². The van der Waals surface area contributed by atoms with E-state index in [1.54, 1.807) is 6.92 Å². The fraction of sp³-hybridized carbons (Fsp3) is 0.0625. The van der Waals surface area contributed by atoms with E-state index in [0.717, 1.165) is 0 Å². The molecule has 0 amide bonds. The number of pyridine rings is 1. The van der Waals surface area contributed by atoms with Gasteiger partial charge in [-0.1, -0.05) is 23.2 Å². The summed E-state index contributed by atoms with van der Waals surface area (Å²) >= 11 is 12.0. The molecule has 0 fully saturated rings. The lowest BCUT2D eigenvalue weighted by Gasteiger charge is -2.11. The Labute approximate surface area is 164 Å². The number of nitrogens with zero attached hydrogens (tertiary/aromatic N) is 3. The quantitative estimate of drug-likeness (QED) is 0.645. The Hall–Kier alpha value is -2.62. The lowest BCUT2D eigenvalue weighted by molar-refractivity contribution is 0.0696. The van der Waals surface area contributed by atoms with E-state index in [-0.39, 0.29) is 27.1 Å². The van der Waals surface area contributed by atoms with Crippen LogP contribution in [0.2, 0.25) is 10.0 Å². The molecule has 0 spiro atoms. The first kappa shape index (κ1) is 19.2. The summed E-state index contributed by atoms with van der Waals surface area (Å²) in [7, 11) is -3.99. The monoisotopic (exact) mass is 426 g/mol. The number of hydrogen-bond donors (Lipinski definition) is 2. The number of carbonyl (C=O) groups is 1. The number of hydrogen-bond acceptors (Lipinski definition) is 5. The highest BCUT2D eigenvalue weighted by molar-refractivity contribution is 7.92. The molecule has 0 aliphatic rings. The predicted molar refractivity (Wildman–Crippen MR) is 100 cm³/mol. The number of aryl methyl sites for hydroxylation is 1. The van der Waals surface area contributed by atoms with Crippen LogP contribution in [0.4, 0.5) is 5.82 Å². The highest BCUT2D eigenvalue weighted by atomic mass is 35.5. The second-order valence-corrected chi connectivity index (χ2v) is 8.00. The zero-order valence-corrected chi connectivity index (χ0v) is 16.0. The van der Waals surface area contributed by atoms with Crippen LogP contribution in [0.5, 0.6) is 0 Å². The van der Waals surface area contributed by atoms with Crippen molar-refractivity contribution in [2.45, 2.75) is 11.8 Å². The van der Waals surface area contributed by atoms with Crippen molar-refractivity contribution in [3.8, 4) is 5.82 Å². The Morgan fingerprint density at radius 2 is 1.85 bits per heavy atom. The normalized spacial score (nSPS) is 11.4. The van der Waals surface area contributed by atoms with Crippen molar-refractivity contribution in [3.05, 3.63) is 63.9 Å². The first-order valence-electron chi connectivity index (χ1n) is 7.41. The maximum absolute atomic E-state index is 12.6. The molecule has 0 bridgehead atoms. The molecule has 0 unspecified atom stereocenters. The van der Waals surface area contributed by atoms with Crippen LogP contribution in [0.1, 0.15) is 16.1 Å². The second kappa shape index (κ2) is 7.18. The zero-order valence-electron chi connectivity index (χ0n) is 13.7. The van der Waals surface area contributed by atoms with Gasteiger partial charge in [-0.25, -0.2) is 18.2 Å². The fourth-order valence-corrected chi connectivity index (χ4v) is 3.76. The molecule has 11 heteroatoms. The van der Waals surface area contributed by atoms with Crippen molar-refractivity contribution in [3.63, 3.8) is 0 Å². The van der Waals surface area contributed by atoms with Gasteiger partial charge in [-0.3, -0.25) is 4.72 Å². The van der Waals surface area contributed by atoms with Crippen molar-refractivity contribution in [1.82, 2.24) is 14.8 Å². The third kappa shape index (κ3) is 4.05. The van der Waals surface area contributed by atoms with Gasteiger partial charge in [-0.15, -0.1) is 0 Å². The van der Waals surface area contributed by atoms with Crippen molar-refractivity contribution in [1.29, 1.82) is 0 Å². The minimum absolute atomic E-state index is 0.0213. The van der Waals surface area contributed by atoms with Gasteiger partial charge in [0.25, 0.3) is 10.0 Å². The molecule has 8 nitrogen and oxygen atoms in total. The number of sulfonamides is 1. The Balaban J connectivity index is 1.99. The molecule has 140 valence electrons. The van der Waals surface area contributed by atoms with E-state index in [9.17, 15) is 13.2 Å². The Kier molecular flexibility index (Phi) is 5.09. The minimum Gasteiger partial charge on any atom is -0.478 e. The molecule has 0 saturated heterocycles. The van der Waals surface area contributed by atoms with Crippen molar-refractivity contribution in [2.75, 3.05) is 4.72 Å². The summed E-state index contributed by atoms with van der Waals surface area (Å²) in [5.74, 6) is -0.830. The molecule has 2 heterocycles. The number of rotatable bonds is 5. The van der Waals surface area contributed by atoms with Crippen LogP contribution in [0, 0.1) is 6.92 Å². The number of carboxylic acids is 1. The summed E-state index contributed by atoms with van der Waals surface area (Å²) in [5, 5.41) is 13.6. The molecule has 3 aromatic rings. The van der Waals surface area contributed by atoms with Crippen LogP contribution in [0.15, 0.2) is 47.5 Å². The summed E-state index contributed by atoms with van der Waals surface area (Å²) in [5.41, 5.74) is 0.508. The second-order valence-electron chi connectivity index (χ2n) is 5.48. The molecule has 0 radical (unpaired) electrons. The lowest BCUT2D eigenvalue weighted by atomic mass is 10.2. The van der Waals surface area contributed by atoms with Gasteiger partial charge in [0.1, 0.15) is 5.82 Å². The van der Waals surface area contributed by atoms with Gasteiger partial charge in [-0.05, 0) is 37.3 Å². The molecule has 0 atom stereocenters. The molecule has 0 saturated carbocycles. The van der Waals surface area contributed by atoms with E-state index in [1.807, 2.05) is 0 Å². The van der Waals surface area contributed by atoms with Gasteiger partial charge in [0.05, 0.1) is 26.2 Å². The highest BCUT2D eigenvalue weighted by Gasteiger charge is 2.20. The van der Waals surface area contributed by atoms with Crippen LogP contribution < -0.4 is 4.72 Å². The molecular formula is C16H12Cl2N4O4S. The first-order valence-corrected chi connectivity index (χ1v) is 9.65. The third-order valence-electron chi connectivity index (χ3n) is 3.47. The molecular weight excluding hydrogens is 415 g/mol. The number of aromatic carboxylic acids is 1. The van der Waals surface area contributed by atoms with Crippen LogP contribution >= 0.6 is 23.2 Å². The summed E-state index contributed by atoms with van der Waals surface area (Å²) in [6, 6.07) is 7.79. The largest absolute Gasteiger partial charge is 0.478 e. The molecule has 3 rings (SSSR count). The van der Waals surface area contributed by atoms with Gasteiger partial charge in [0.2, 0.25) is 0 Å². The maximum atomic E-state index is 12.6. The molecule has 27 heavy (non-hydrogen) atoms. The summed E-state index contributed by atoms with van der Waals surface area (Å²) < 4.78 is 28.9. The van der Waals surface area contributed by atoms with Gasteiger partial charge >= 0.3 is 5.97 Å². The summed E-state index contributed by atoms with van der Waals surface area (Å²) in [6.07, 6.45) is 1.36. The number of halogens is 2. The molecule has 0 aliphatic heterocycles. The average Bonchev–Trinajstić information content (AvgIpc) is 2.94. The Morgan fingerprint density at radius 1 is 1.19 bits per heavy atom. The van der Waals surface area contributed by atoms with Crippen molar-refractivity contribution in [2.24, 2.45) is 0 Å². The van der Waals surface area contributed by atoms with Crippen LogP contribution in [0.25, 0.3) is 5.82 Å². The topological polar surface area (TPSA) is 114 Å². The molecule has 0 aliphatic carbocycles.